The van der Waals surface area contributed by atoms with Crippen LogP contribution in [0.3, 0.4) is 0 Å². The minimum absolute atomic E-state index is 0.0328. The number of aryl methyl sites for hydroxylation is 1. The second-order valence-electron chi connectivity index (χ2n) is 5.72. The van der Waals surface area contributed by atoms with Gasteiger partial charge < -0.3 is 15.3 Å². The number of phenolic OH excluding ortho intramolecular Hbond substituents is 1. The van der Waals surface area contributed by atoms with E-state index in [4.69, 9.17) is 0 Å². The van der Waals surface area contributed by atoms with Crippen LogP contribution in [0, 0.1) is 0 Å². The zero-order valence-corrected chi connectivity index (χ0v) is 13.4. The first-order chi connectivity index (χ1) is 11.7. The standard InChI is InChI=1S/C17H21N5O2/c23-16-4-2-14(3-5-16)15-6-10-21(11-7-15)17(24)19-8-1-9-22-13-18-12-20-22/h2-6,12-13,23H,1,7-11H2,(H,19,24). The Kier molecular flexibility index (Phi) is 5.10. The van der Waals surface area contributed by atoms with E-state index in [0.29, 0.717) is 19.6 Å². The molecule has 2 heterocycles. The number of hydrogen-bond acceptors (Lipinski definition) is 4. The average Bonchev–Trinajstić information content (AvgIpc) is 3.13. The van der Waals surface area contributed by atoms with Gasteiger partial charge in [0.05, 0.1) is 0 Å². The van der Waals surface area contributed by atoms with E-state index < -0.39 is 0 Å². The van der Waals surface area contributed by atoms with Crippen LogP contribution in [0.1, 0.15) is 18.4 Å². The Bertz CT molecular complexity index is 694. The number of nitrogens with one attached hydrogen (secondary N) is 1. The molecular formula is C17H21N5O2. The predicted molar refractivity (Wildman–Crippen MR) is 90.3 cm³/mol. The summed E-state index contributed by atoms with van der Waals surface area (Å²) in [6.07, 6.45) is 6.88. The predicted octanol–water partition coefficient (Wildman–Crippen LogP) is 1.87. The summed E-state index contributed by atoms with van der Waals surface area (Å²) in [6, 6.07) is 7.14. The van der Waals surface area contributed by atoms with Gasteiger partial charge in [-0.2, -0.15) is 5.10 Å². The molecule has 0 spiro atoms. The van der Waals surface area contributed by atoms with Crippen molar-refractivity contribution in [1.82, 2.24) is 25.0 Å². The van der Waals surface area contributed by atoms with Crippen molar-refractivity contribution in [2.75, 3.05) is 19.6 Å². The number of aromatic nitrogens is 3. The lowest BCUT2D eigenvalue weighted by Crippen LogP contribution is -2.42. The molecule has 0 fully saturated rings. The molecule has 1 aliphatic rings. The zero-order chi connectivity index (χ0) is 16.8. The summed E-state index contributed by atoms with van der Waals surface area (Å²) >= 11 is 0. The van der Waals surface area contributed by atoms with E-state index in [1.807, 2.05) is 12.1 Å². The molecule has 1 aromatic carbocycles. The summed E-state index contributed by atoms with van der Waals surface area (Å²) in [4.78, 5) is 17.9. The molecule has 0 atom stereocenters. The molecule has 24 heavy (non-hydrogen) atoms. The summed E-state index contributed by atoms with van der Waals surface area (Å²) < 4.78 is 1.75. The molecule has 0 radical (unpaired) electrons. The fourth-order valence-electron chi connectivity index (χ4n) is 2.69. The van der Waals surface area contributed by atoms with Crippen LogP contribution in [-0.2, 0) is 6.54 Å². The second kappa shape index (κ2) is 7.63. The number of amides is 2. The van der Waals surface area contributed by atoms with Crippen molar-refractivity contribution in [3.63, 3.8) is 0 Å². The molecule has 0 saturated heterocycles. The maximum Gasteiger partial charge on any atom is 0.317 e. The highest BCUT2D eigenvalue weighted by Crippen LogP contribution is 2.23. The minimum atomic E-state index is -0.0328. The first kappa shape index (κ1) is 16.0. The van der Waals surface area contributed by atoms with Crippen molar-refractivity contribution in [2.45, 2.75) is 19.4 Å². The van der Waals surface area contributed by atoms with Gasteiger partial charge >= 0.3 is 6.03 Å². The quantitative estimate of drug-likeness (QED) is 0.821. The van der Waals surface area contributed by atoms with Gasteiger partial charge in [-0.3, -0.25) is 4.68 Å². The average molecular weight is 327 g/mol. The maximum atomic E-state index is 12.2. The molecule has 2 N–H and O–H groups in total. The van der Waals surface area contributed by atoms with Crippen LogP contribution in [0.5, 0.6) is 5.75 Å². The number of carbonyl (C=O) groups is 1. The Hall–Kier alpha value is -2.83. The molecule has 3 rings (SSSR count). The van der Waals surface area contributed by atoms with Crippen LogP contribution < -0.4 is 5.32 Å². The van der Waals surface area contributed by atoms with Crippen LogP contribution in [0.15, 0.2) is 43.0 Å². The Morgan fingerprint density at radius 2 is 2.12 bits per heavy atom. The third kappa shape index (κ3) is 4.13. The van der Waals surface area contributed by atoms with Crippen LogP contribution in [0.4, 0.5) is 4.79 Å². The lowest BCUT2D eigenvalue weighted by Gasteiger charge is -2.27. The fourth-order valence-corrected chi connectivity index (χ4v) is 2.69. The van der Waals surface area contributed by atoms with Crippen LogP contribution in [-0.4, -0.2) is 50.4 Å². The number of urea groups is 1. The summed E-state index contributed by atoms with van der Waals surface area (Å²) in [5.41, 5.74) is 2.31. The first-order valence-electron chi connectivity index (χ1n) is 8.06. The SMILES string of the molecule is O=C(NCCCn1cncn1)N1CC=C(c2ccc(O)cc2)CC1. The van der Waals surface area contributed by atoms with Gasteiger partial charge in [-0.15, -0.1) is 0 Å². The van der Waals surface area contributed by atoms with E-state index in [9.17, 15) is 9.90 Å². The molecule has 0 saturated carbocycles. The number of nitrogens with zero attached hydrogens (tertiary/aromatic N) is 4. The highest BCUT2D eigenvalue weighted by Gasteiger charge is 2.17. The minimum Gasteiger partial charge on any atom is -0.508 e. The number of phenols is 1. The number of hydrogen-bond donors (Lipinski definition) is 2. The molecule has 0 unspecified atom stereocenters. The van der Waals surface area contributed by atoms with Crippen LogP contribution in [0.25, 0.3) is 5.57 Å². The number of benzene rings is 1. The highest BCUT2D eigenvalue weighted by molar-refractivity contribution is 5.76. The van der Waals surface area contributed by atoms with Crippen molar-refractivity contribution >= 4 is 11.6 Å². The summed E-state index contributed by atoms with van der Waals surface area (Å²) in [6.45, 7) is 2.65. The summed E-state index contributed by atoms with van der Waals surface area (Å²) in [7, 11) is 0. The maximum absolute atomic E-state index is 12.2. The van der Waals surface area contributed by atoms with Gasteiger partial charge in [0.1, 0.15) is 18.4 Å². The molecule has 1 aromatic heterocycles. The Morgan fingerprint density at radius 1 is 1.29 bits per heavy atom. The van der Waals surface area contributed by atoms with Gasteiger partial charge in [-0.1, -0.05) is 18.2 Å². The normalized spacial score (nSPS) is 14.3. The molecular weight excluding hydrogens is 306 g/mol. The van der Waals surface area contributed by atoms with E-state index in [0.717, 1.165) is 24.9 Å². The zero-order valence-electron chi connectivity index (χ0n) is 13.4. The van der Waals surface area contributed by atoms with Crippen LogP contribution >= 0.6 is 0 Å². The lowest BCUT2D eigenvalue weighted by molar-refractivity contribution is 0.203. The van der Waals surface area contributed by atoms with Gasteiger partial charge in [0.2, 0.25) is 0 Å². The Morgan fingerprint density at radius 3 is 2.79 bits per heavy atom. The van der Waals surface area contributed by atoms with E-state index in [1.54, 1.807) is 28.0 Å². The Balaban J connectivity index is 1.43. The molecule has 1 aliphatic heterocycles. The van der Waals surface area contributed by atoms with Gasteiger partial charge in [0.25, 0.3) is 0 Å². The first-order valence-corrected chi connectivity index (χ1v) is 8.06. The summed E-state index contributed by atoms with van der Waals surface area (Å²) in [5.74, 6) is 0.266. The van der Waals surface area contributed by atoms with Crippen molar-refractivity contribution in [1.29, 1.82) is 0 Å². The Labute approximate surface area is 140 Å². The fraction of sp³-hybridized carbons (Fsp3) is 0.353. The number of rotatable bonds is 5. The molecule has 0 bridgehead atoms. The number of carbonyl (C=O) groups excluding carboxylic acids is 1. The highest BCUT2D eigenvalue weighted by atomic mass is 16.3. The van der Waals surface area contributed by atoms with Crippen LogP contribution in [0.2, 0.25) is 0 Å². The molecule has 126 valence electrons. The van der Waals surface area contributed by atoms with E-state index in [2.05, 4.69) is 21.5 Å². The van der Waals surface area contributed by atoms with Crippen molar-refractivity contribution in [2.24, 2.45) is 0 Å². The lowest BCUT2D eigenvalue weighted by atomic mass is 9.99. The topological polar surface area (TPSA) is 83.3 Å². The van der Waals surface area contributed by atoms with Crippen molar-refractivity contribution in [3.8, 4) is 5.75 Å². The largest absolute Gasteiger partial charge is 0.508 e. The molecule has 7 heteroatoms. The second-order valence-corrected chi connectivity index (χ2v) is 5.72. The van der Waals surface area contributed by atoms with E-state index >= 15 is 0 Å². The van der Waals surface area contributed by atoms with Gasteiger partial charge in [0.15, 0.2) is 0 Å². The third-order valence-electron chi connectivity index (χ3n) is 4.04. The van der Waals surface area contributed by atoms with E-state index in [-0.39, 0.29) is 11.8 Å². The van der Waals surface area contributed by atoms with Crippen molar-refractivity contribution < 1.29 is 9.90 Å². The molecule has 2 amide bonds. The van der Waals surface area contributed by atoms with Gasteiger partial charge in [-0.05, 0) is 36.1 Å². The third-order valence-corrected chi connectivity index (χ3v) is 4.04. The molecule has 0 aliphatic carbocycles. The van der Waals surface area contributed by atoms with E-state index in [1.165, 1.54) is 11.9 Å². The molecule has 7 nitrogen and oxygen atoms in total. The summed E-state index contributed by atoms with van der Waals surface area (Å²) in [5, 5.41) is 16.3. The van der Waals surface area contributed by atoms with Gasteiger partial charge in [-0.25, -0.2) is 9.78 Å². The van der Waals surface area contributed by atoms with Crippen molar-refractivity contribution in [3.05, 3.63) is 48.6 Å². The van der Waals surface area contributed by atoms with Gasteiger partial charge in [0, 0.05) is 26.2 Å². The smallest absolute Gasteiger partial charge is 0.317 e. The number of aromatic hydroxyl groups is 1. The monoisotopic (exact) mass is 327 g/mol. The molecule has 2 aromatic rings.